The fourth-order valence-electron chi connectivity index (χ4n) is 4.16. The minimum Gasteiger partial charge on any atom is -0.329 e. The third kappa shape index (κ3) is 4.08. The molecule has 7 heteroatoms. The Morgan fingerprint density at radius 1 is 0.931 bits per heavy atom. The van der Waals surface area contributed by atoms with Gasteiger partial charge in [-0.3, -0.25) is 4.79 Å². The molecule has 2 fully saturated rings. The van der Waals surface area contributed by atoms with E-state index in [-0.39, 0.29) is 16.8 Å². The molecule has 4 rings (SSSR count). The molecule has 0 radical (unpaired) electrons. The molecule has 1 atom stereocenters. The topological polar surface area (TPSA) is 60.9 Å². The molecule has 0 aliphatic carbocycles. The van der Waals surface area contributed by atoms with Crippen molar-refractivity contribution in [3.8, 4) is 0 Å². The smallest absolute Gasteiger partial charge is 0.254 e. The molecule has 2 aromatic carbocycles. The zero-order valence-electron chi connectivity index (χ0n) is 16.7. The van der Waals surface area contributed by atoms with Crippen LogP contribution in [0.4, 0.5) is 0 Å². The van der Waals surface area contributed by atoms with E-state index in [1.54, 1.807) is 18.2 Å². The summed E-state index contributed by atoms with van der Waals surface area (Å²) in [6.45, 7) is 3.25. The zero-order valence-corrected chi connectivity index (χ0v) is 17.5. The van der Waals surface area contributed by atoms with Gasteiger partial charge in [-0.1, -0.05) is 36.4 Å². The van der Waals surface area contributed by atoms with E-state index in [0.717, 1.165) is 31.5 Å². The second-order valence-electron chi connectivity index (χ2n) is 7.83. The molecular formula is C22H27N3O3S. The van der Waals surface area contributed by atoms with Crippen molar-refractivity contribution in [3.63, 3.8) is 0 Å². The van der Waals surface area contributed by atoms with Crippen LogP contribution in [0, 0.1) is 0 Å². The lowest BCUT2D eigenvalue weighted by Crippen LogP contribution is -2.49. The van der Waals surface area contributed by atoms with Gasteiger partial charge in [0.25, 0.3) is 5.91 Å². The Morgan fingerprint density at radius 2 is 1.66 bits per heavy atom. The van der Waals surface area contributed by atoms with E-state index in [1.807, 2.05) is 35.2 Å². The number of hydrogen-bond acceptors (Lipinski definition) is 4. The van der Waals surface area contributed by atoms with Gasteiger partial charge in [-0.15, -0.1) is 0 Å². The maximum Gasteiger partial charge on any atom is 0.254 e. The lowest BCUT2D eigenvalue weighted by molar-refractivity contribution is 0.0498. The maximum absolute atomic E-state index is 13.4. The van der Waals surface area contributed by atoms with E-state index in [9.17, 15) is 13.2 Å². The summed E-state index contributed by atoms with van der Waals surface area (Å²) in [5, 5.41) is 0. The molecule has 0 bridgehead atoms. The van der Waals surface area contributed by atoms with Crippen LogP contribution in [0.5, 0.6) is 0 Å². The van der Waals surface area contributed by atoms with Gasteiger partial charge in [-0.25, -0.2) is 8.42 Å². The van der Waals surface area contributed by atoms with Crippen LogP contribution in [0.3, 0.4) is 0 Å². The molecule has 29 heavy (non-hydrogen) atoms. The van der Waals surface area contributed by atoms with Gasteiger partial charge in [0.2, 0.25) is 10.0 Å². The summed E-state index contributed by atoms with van der Waals surface area (Å²) in [6.07, 6.45) is 1.77. The number of carbonyl (C=O) groups is 1. The first kappa shape index (κ1) is 20.1. The fourth-order valence-corrected chi connectivity index (χ4v) is 5.72. The van der Waals surface area contributed by atoms with Crippen molar-refractivity contribution < 1.29 is 13.2 Å². The van der Waals surface area contributed by atoms with Crippen molar-refractivity contribution in [1.82, 2.24) is 14.1 Å². The predicted molar refractivity (Wildman–Crippen MR) is 112 cm³/mol. The maximum atomic E-state index is 13.4. The average Bonchev–Trinajstić information content (AvgIpc) is 3.30. The van der Waals surface area contributed by atoms with Crippen molar-refractivity contribution in [2.45, 2.75) is 23.8 Å². The Kier molecular flexibility index (Phi) is 5.72. The summed E-state index contributed by atoms with van der Waals surface area (Å²) in [6, 6.07) is 16.5. The number of rotatable bonds is 4. The van der Waals surface area contributed by atoms with Crippen LogP contribution in [0.15, 0.2) is 59.5 Å². The summed E-state index contributed by atoms with van der Waals surface area (Å²) in [5.74, 6) is -0.120. The molecule has 0 spiro atoms. The van der Waals surface area contributed by atoms with Crippen LogP contribution in [-0.4, -0.2) is 68.2 Å². The zero-order chi connectivity index (χ0) is 20.4. The number of amides is 1. The van der Waals surface area contributed by atoms with Gasteiger partial charge in [0.05, 0.1) is 10.9 Å². The van der Waals surface area contributed by atoms with Gasteiger partial charge in [-0.2, -0.15) is 4.31 Å². The van der Waals surface area contributed by atoms with Gasteiger partial charge >= 0.3 is 0 Å². The molecule has 2 aliphatic rings. The molecule has 2 heterocycles. The molecule has 154 valence electrons. The van der Waals surface area contributed by atoms with E-state index in [2.05, 4.69) is 11.9 Å². The van der Waals surface area contributed by atoms with Crippen LogP contribution in [-0.2, 0) is 10.0 Å². The molecule has 1 amide bonds. The molecule has 0 aromatic heterocycles. The molecule has 0 saturated carbocycles. The van der Waals surface area contributed by atoms with Crippen molar-refractivity contribution >= 4 is 15.9 Å². The number of sulfonamides is 1. The first-order valence-electron chi connectivity index (χ1n) is 10.1. The summed E-state index contributed by atoms with van der Waals surface area (Å²) in [7, 11) is -1.49. The highest BCUT2D eigenvalue weighted by atomic mass is 32.2. The second-order valence-corrected chi connectivity index (χ2v) is 9.76. The van der Waals surface area contributed by atoms with Gasteiger partial charge in [0.1, 0.15) is 0 Å². The van der Waals surface area contributed by atoms with Crippen molar-refractivity contribution in [2.75, 3.05) is 39.8 Å². The summed E-state index contributed by atoms with van der Waals surface area (Å²) < 4.78 is 27.3. The number of carbonyl (C=O) groups excluding carboxylic acids is 1. The lowest BCUT2D eigenvalue weighted by Gasteiger charge is -2.40. The molecule has 2 aromatic rings. The second kappa shape index (κ2) is 8.26. The SMILES string of the molecule is CN1CCN(C(=O)c2cccc(S(=O)(=O)N3CCCC3)c2)C(c2ccccc2)C1. The minimum atomic E-state index is -3.55. The van der Waals surface area contributed by atoms with E-state index in [1.165, 1.54) is 10.4 Å². The molecule has 2 saturated heterocycles. The predicted octanol–water partition coefficient (Wildman–Crippen LogP) is 2.60. The number of hydrogen-bond donors (Lipinski definition) is 0. The summed E-state index contributed by atoms with van der Waals surface area (Å²) >= 11 is 0. The lowest BCUT2D eigenvalue weighted by atomic mass is 10.0. The van der Waals surface area contributed by atoms with Crippen molar-refractivity contribution in [3.05, 3.63) is 65.7 Å². The van der Waals surface area contributed by atoms with Crippen molar-refractivity contribution in [2.24, 2.45) is 0 Å². The number of likely N-dealkylation sites (N-methyl/N-ethyl adjacent to an activating group) is 1. The largest absolute Gasteiger partial charge is 0.329 e. The molecule has 0 N–H and O–H groups in total. The van der Waals surface area contributed by atoms with Gasteiger partial charge < -0.3 is 9.80 Å². The number of nitrogens with zero attached hydrogens (tertiary/aromatic N) is 3. The van der Waals surface area contributed by atoms with Crippen LogP contribution in [0.25, 0.3) is 0 Å². The minimum absolute atomic E-state index is 0.0544. The van der Waals surface area contributed by atoms with E-state index >= 15 is 0 Å². The third-order valence-corrected chi connectivity index (χ3v) is 7.71. The van der Waals surface area contributed by atoms with Crippen LogP contribution >= 0.6 is 0 Å². The molecule has 1 unspecified atom stereocenters. The van der Waals surface area contributed by atoms with Crippen LogP contribution in [0.2, 0.25) is 0 Å². The summed E-state index contributed by atoms with van der Waals surface area (Å²) in [5.41, 5.74) is 1.52. The van der Waals surface area contributed by atoms with Crippen LogP contribution < -0.4 is 0 Å². The molecular weight excluding hydrogens is 386 g/mol. The highest BCUT2D eigenvalue weighted by molar-refractivity contribution is 7.89. The average molecular weight is 414 g/mol. The molecule has 6 nitrogen and oxygen atoms in total. The number of benzene rings is 2. The highest BCUT2D eigenvalue weighted by Gasteiger charge is 2.32. The Bertz CT molecular complexity index is 972. The van der Waals surface area contributed by atoms with Crippen LogP contribution in [0.1, 0.15) is 34.8 Å². The Hall–Kier alpha value is -2.22. The van der Waals surface area contributed by atoms with E-state index < -0.39 is 10.0 Å². The standard InChI is InChI=1S/C22H27N3O3S/c1-23-14-15-25(21(17-23)18-8-3-2-4-9-18)22(26)19-10-7-11-20(16-19)29(27,28)24-12-5-6-13-24/h2-4,7-11,16,21H,5-6,12-15,17H2,1H3. The first-order chi connectivity index (χ1) is 14.0. The van der Waals surface area contributed by atoms with Crippen molar-refractivity contribution in [1.29, 1.82) is 0 Å². The summed E-state index contributed by atoms with van der Waals surface area (Å²) in [4.78, 5) is 17.7. The quantitative estimate of drug-likeness (QED) is 0.773. The number of piperazine rings is 1. The fraction of sp³-hybridized carbons (Fsp3) is 0.409. The Balaban J connectivity index is 1.63. The van der Waals surface area contributed by atoms with E-state index in [4.69, 9.17) is 0 Å². The van der Waals surface area contributed by atoms with Gasteiger partial charge in [0.15, 0.2) is 0 Å². The van der Waals surface area contributed by atoms with Gasteiger partial charge in [-0.05, 0) is 43.7 Å². The van der Waals surface area contributed by atoms with Gasteiger partial charge in [0, 0.05) is 38.3 Å². The Morgan fingerprint density at radius 3 is 2.38 bits per heavy atom. The van der Waals surface area contributed by atoms with E-state index in [0.29, 0.717) is 25.2 Å². The first-order valence-corrected chi connectivity index (χ1v) is 11.6. The normalized spacial score (nSPS) is 21.4. The molecule has 2 aliphatic heterocycles. The Labute approximate surface area is 172 Å². The third-order valence-electron chi connectivity index (χ3n) is 5.81. The monoisotopic (exact) mass is 413 g/mol. The highest BCUT2D eigenvalue weighted by Crippen LogP contribution is 2.28.